The molecule has 1 aromatic heterocycles. The minimum absolute atomic E-state index is 0.206. The number of anilines is 1. The number of carbonyl (C=O) groups is 1. The molecule has 1 amide bonds. The molecule has 0 bridgehead atoms. The van der Waals surface area contributed by atoms with E-state index in [0.29, 0.717) is 11.2 Å². The zero-order valence-electron chi connectivity index (χ0n) is 12.2. The van der Waals surface area contributed by atoms with Gasteiger partial charge in [0.15, 0.2) is 0 Å². The number of rotatable bonds is 3. The van der Waals surface area contributed by atoms with Crippen molar-refractivity contribution in [2.75, 3.05) is 5.32 Å². The predicted molar refractivity (Wildman–Crippen MR) is 82.8 cm³/mol. The van der Waals surface area contributed by atoms with Crippen LogP contribution in [0.3, 0.4) is 0 Å². The van der Waals surface area contributed by atoms with E-state index in [-0.39, 0.29) is 11.3 Å². The molecule has 3 rings (SSSR count). The number of alkyl halides is 3. The van der Waals surface area contributed by atoms with E-state index in [4.69, 9.17) is 0 Å². The van der Waals surface area contributed by atoms with Gasteiger partial charge in [-0.2, -0.15) is 0 Å². The molecule has 7 heteroatoms. The van der Waals surface area contributed by atoms with E-state index >= 15 is 0 Å². The Labute approximate surface area is 134 Å². The van der Waals surface area contributed by atoms with Gasteiger partial charge in [-0.3, -0.25) is 9.78 Å². The molecule has 0 atom stereocenters. The number of hydrogen-bond donors (Lipinski definition) is 1. The molecular formula is C17H11F3N2O2. The molecular weight excluding hydrogens is 321 g/mol. The van der Waals surface area contributed by atoms with Crippen LogP contribution in [-0.2, 0) is 0 Å². The number of carbonyl (C=O) groups excluding carboxylic acids is 1. The van der Waals surface area contributed by atoms with Crippen molar-refractivity contribution in [3.8, 4) is 5.75 Å². The Morgan fingerprint density at radius 1 is 1.00 bits per heavy atom. The minimum Gasteiger partial charge on any atom is -0.406 e. The van der Waals surface area contributed by atoms with Gasteiger partial charge in [-0.15, -0.1) is 13.2 Å². The average molecular weight is 332 g/mol. The van der Waals surface area contributed by atoms with Crippen LogP contribution in [0.1, 0.15) is 10.4 Å². The first-order valence-electron chi connectivity index (χ1n) is 6.93. The van der Waals surface area contributed by atoms with Gasteiger partial charge in [-0.25, -0.2) is 0 Å². The first kappa shape index (κ1) is 15.8. The molecule has 0 aliphatic carbocycles. The first-order chi connectivity index (χ1) is 11.4. The molecule has 3 aromatic rings. The smallest absolute Gasteiger partial charge is 0.406 e. The van der Waals surface area contributed by atoms with Crippen molar-refractivity contribution < 1.29 is 22.7 Å². The quantitative estimate of drug-likeness (QED) is 0.774. The van der Waals surface area contributed by atoms with Gasteiger partial charge in [0.2, 0.25) is 0 Å². The van der Waals surface area contributed by atoms with Crippen molar-refractivity contribution in [1.82, 2.24) is 4.98 Å². The first-order valence-corrected chi connectivity index (χ1v) is 6.93. The summed E-state index contributed by atoms with van der Waals surface area (Å²) < 4.78 is 40.2. The summed E-state index contributed by atoms with van der Waals surface area (Å²) in [6.07, 6.45) is -3.15. The highest BCUT2D eigenvalue weighted by Gasteiger charge is 2.31. The van der Waals surface area contributed by atoms with Crippen LogP contribution in [0.5, 0.6) is 5.75 Å². The third kappa shape index (κ3) is 3.62. The summed E-state index contributed by atoms with van der Waals surface area (Å²) in [6, 6.07) is 13.7. The minimum atomic E-state index is -4.77. The Kier molecular flexibility index (Phi) is 4.07. The van der Waals surface area contributed by atoms with Gasteiger partial charge in [0.25, 0.3) is 5.91 Å². The van der Waals surface area contributed by atoms with Crippen LogP contribution < -0.4 is 10.1 Å². The number of fused-ring (bicyclic) bond motifs is 1. The summed E-state index contributed by atoms with van der Waals surface area (Å²) in [6.45, 7) is 0. The highest BCUT2D eigenvalue weighted by atomic mass is 19.4. The van der Waals surface area contributed by atoms with E-state index in [1.54, 1.807) is 24.4 Å². The van der Waals surface area contributed by atoms with Crippen LogP contribution >= 0.6 is 0 Å². The number of pyridine rings is 1. The zero-order valence-corrected chi connectivity index (χ0v) is 12.2. The molecule has 0 radical (unpaired) electrons. The van der Waals surface area contributed by atoms with Gasteiger partial charge in [-0.05, 0) is 36.4 Å². The number of nitrogens with zero attached hydrogens (tertiary/aromatic N) is 1. The lowest BCUT2D eigenvalue weighted by atomic mass is 10.1. The fraction of sp³-hybridized carbons (Fsp3) is 0.0588. The maximum Gasteiger partial charge on any atom is 0.573 e. The number of ether oxygens (including phenoxy) is 1. The van der Waals surface area contributed by atoms with Crippen molar-refractivity contribution in [3.63, 3.8) is 0 Å². The summed E-state index contributed by atoms with van der Waals surface area (Å²) in [5, 5.41) is 3.57. The SMILES string of the molecule is O=C(Nc1cccc2cccnc12)c1ccc(OC(F)(F)F)cc1. The average Bonchev–Trinajstić information content (AvgIpc) is 2.54. The van der Waals surface area contributed by atoms with E-state index in [2.05, 4.69) is 15.0 Å². The molecule has 0 aliphatic rings. The van der Waals surface area contributed by atoms with Gasteiger partial charge in [0.1, 0.15) is 5.75 Å². The van der Waals surface area contributed by atoms with Gasteiger partial charge >= 0.3 is 6.36 Å². The second kappa shape index (κ2) is 6.19. The Hall–Kier alpha value is -3.09. The predicted octanol–water partition coefficient (Wildman–Crippen LogP) is 4.39. The van der Waals surface area contributed by atoms with Crippen molar-refractivity contribution in [2.24, 2.45) is 0 Å². The van der Waals surface area contributed by atoms with E-state index in [9.17, 15) is 18.0 Å². The maximum absolute atomic E-state index is 12.3. The largest absolute Gasteiger partial charge is 0.573 e. The third-order valence-electron chi connectivity index (χ3n) is 3.23. The lowest BCUT2D eigenvalue weighted by Gasteiger charge is -2.10. The molecule has 24 heavy (non-hydrogen) atoms. The standard InChI is InChI=1S/C17H11F3N2O2/c18-17(19,20)24-13-8-6-12(7-9-13)16(23)22-14-5-1-3-11-4-2-10-21-15(11)14/h1-10H,(H,22,23). The fourth-order valence-electron chi connectivity index (χ4n) is 2.21. The van der Waals surface area contributed by atoms with Gasteiger partial charge in [0.05, 0.1) is 11.2 Å². The lowest BCUT2D eigenvalue weighted by molar-refractivity contribution is -0.274. The van der Waals surface area contributed by atoms with Crippen LogP contribution in [0.25, 0.3) is 10.9 Å². The molecule has 0 spiro atoms. The van der Waals surface area contributed by atoms with E-state index < -0.39 is 12.3 Å². The second-order valence-electron chi connectivity index (χ2n) is 4.91. The summed E-state index contributed by atoms with van der Waals surface area (Å²) in [7, 11) is 0. The number of nitrogens with one attached hydrogen (secondary N) is 1. The zero-order chi connectivity index (χ0) is 17.2. The maximum atomic E-state index is 12.3. The van der Waals surface area contributed by atoms with Crippen LogP contribution in [0.4, 0.5) is 18.9 Å². The summed E-state index contributed by atoms with van der Waals surface area (Å²) >= 11 is 0. The molecule has 0 unspecified atom stereocenters. The number of benzene rings is 2. The molecule has 0 saturated carbocycles. The van der Waals surface area contributed by atoms with Crippen LogP contribution in [0.15, 0.2) is 60.8 Å². The van der Waals surface area contributed by atoms with Crippen molar-refractivity contribution in [1.29, 1.82) is 0 Å². The van der Waals surface area contributed by atoms with Crippen LogP contribution in [-0.4, -0.2) is 17.3 Å². The topological polar surface area (TPSA) is 51.2 Å². The molecule has 2 aromatic carbocycles. The van der Waals surface area contributed by atoms with E-state index in [1.807, 2.05) is 12.1 Å². The Morgan fingerprint density at radius 2 is 1.71 bits per heavy atom. The Morgan fingerprint density at radius 3 is 2.42 bits per heavy atom. The number of hydrogen-bond acceptors (Lipinski definition) is 3. The fourth-order valence-corrected chi connectivity index (χ4v) is 2.21. The number of amides is 1. The number of aromatic nitrogens is 1. The van der Waals surface area contributed by atoms with Crippen molar-refractivity contribution in [2.45, 2.75) is 6.36 Å². The summed E-state index contributed by atoms with van der Waals surface area (Å²) in [4.78, 5) is 16.5. The Balaban J connectivity index is 1.79. The monoisotopic (exact) mass is 332 g/mol. The molecule has 1 N–H and O–H groups in total. The van der Waals surface area contributed by atoms with E-state index in [1.165, 1.54) is 12.1 Å². The molecule has 1 heterocycles. The molecule has 0 aliphatic heterocycles. The second-order valence-corrected chi connectivity index (χ2v) is 4.91. The van der Waals surface area contributed by atoms with Gasteiger partial charge < -0.3 is 10.1 Å². The van der Waals surface area contributed by atoms with Crippen molar-refractivity contribution in [3.05, 3.63) is 66.4 Å². The number of halogens is 3. The highest BCUT2D eigenvalue weighted by Crippen LogP contribution is 2.24. The van der Waals surface area contributed by atoms with Gasteiger partial charge in [0, 0.05) is 17.1 Å². The van der Waals surface area contributed by atoms with Crippen LogP contribution in [0.2, 0.25) is 0 Å². The number of para-hydroxylation sites is 1. The normalized spacial score (nSPS) is 11.3. The Bertz CT molecular complexity index is 872. The van der Waals surface area contributed by atoms with E-state index in [0.717, 1.165) is 17.5 Å². The lowest BCUT2D eigenvalue weighted by Crippen LogP contribution is -2.17. The molecule has 0 saturated heterocycles. The highest BCUT2D eigenvalue weighted by molar-refractivity contribution is 6.08. The van der Waals surface area contributed by atoms with Crippen LogP contribution in [0, 0.1) is 0 Å². The molecule has 4 nitrogen and oxygen atoms in total. The summed E-state index contributed by atoms with van der Waals surface area (Å²) in [5.74, 6) is -0.836. The third-order valence-corrected chi connectivity index (χ3v) is 3.23. The summed E-state index contributed by atoms with van der Waals surface area (Å²) in [5.41, 5.74) is 1.36. The van der Waals surface area contributed by atoms with Crippen molar-refractivity contribution >= 4 is 22.5 Å². The molecule has 0 fully saturated rings. The van der Waals surface area contributed by atoms with Gasteiger partial charge in [-0.1, -0.05) is 18.2 Å². The molecule has 122 valence electrons.